The van der Waals surface area contributed by atoms with Crippen LogP contribution in [0.3, 0.4) is 0 Å². The number of hydrogen-bond donors (Lipinski definition) is 7. The molecule has 4 amide bonds. The van der Waals surface area contributed by atoms with Gasteiger partial charge in [0.05, 0.1) is 28.8 Å². The Morgan fingerprint density at radius 3 is 2.34 bits per heavy atom. The Hall–Kier alpha value is -6.63. The van der Waals surface area contributed by atoms with Crippen LogP contribution in [-0.4, -0.2) is 119 Å². The number of amides is 4. The lowest BCUT2D eigenvalue weighted by molar-refractivity contribution is -0.144. The number of ether oxygens (including phenoxy) is 2. The first kappa shape index (κ1) is 49.8. The number of aryl methyl sites for hydroxylation is 1. The Morgan fingerprint density at radius 1 is 1.00 bits per heavy atom. The fourth-order valence-electron chi connectivity index (χ4n) is 7.07. The lowest BCUT2D eigenvalue weighted by Gasteiger charge is -2.35. The van der Waals surface area contributed by atoms with Crippen LogP contribution in [0.1, 0.15) is 48.8 Å². The van der Waals surface area contributed by atoms with Crippen LogP contribution in [0.4, 0.5) is 30.4 Å². The molecule has 0 bridgehead atoms. The smallest absolute Gasteiger partial charge is 0.404 e. The number of sulfonamides is 1. The number of pyridine rings is 1. The molecule has 8 N–H and O–H groups in total. The zero-order valence-corrected chi connectivity index (χ0v) is 38.3. The number of hydrogen-bond acceptors (Lipinski definition) is 14. The summed E-state index contributed by atoms with van der Waals surface area (Å²) in [6.45, 7) is 6.83. The van der Waals surface area contributed by atoms with E-state index in [1.165, 1.54) is 41.4 Å². The van der Waals surface area contributed by atoms with Crippen LogP contribution in [-0.2, 0) is 35.7 Å². The molecule has 6 rings (SSSR count). The average molecular weight is 971 g/mol. The fourth-order valence-corrected chi connectivity index (χ4v) is 8.88. The normalized spacial score (nSPS) is 15.7. The van der Waals surface area contributed by atoms with Crippen molar-refractivity contribution < 1.29 is 55.3 Å². The van der Waals surface area contributed by atoms with E-state index in [1.807, 2.05) is 35.9 Å². The molecule has 67 heavy (non-hydrogen) atoms. The summed E-state index contributed by atoms with van der Waals surface area (Å²) in [6, 6.07) is 13.8. The molecule has 1 saturated heterocycles. The van der Waals surface area contributed by atoms with E-state index in [4.69, 9.17) is 15.2 Å². The number of H-pyrrole nitrogens is 1. The summed E-state index contributed by atoms with van der Waals surface area (Å²) >= 11 is 1.54. The molecule has 358 valence electrons. The number of aliphatic hydroxyl groups excluding tert-OH is 1. The number of nitrogens with two attached hydrogens (primary N) is 1. The van der Waals surface area contributed by atoms with E-state index in [0.29, 0.717) is 11.3 Å². The van der Waals surface area contributed by atoms with Gasteiger partial charge in [-0.3, -0.25) is 29.0 Å². The largest absolute Gasteiger partial charge is 0.475 e. The summed E-state index contributed by atoms with van der Waals surface area (Å²) in [6.07, 6.45) is -4.42. The predicted molar refractivity (Wildman–Crippen MR) is 241 cm³/mol. The predicted octanol–water partition coefficient (Wildman–Crippen LogP) is 4.25. The van der Waals surface area contributed by atoms with Crippen molar-refractivity contribution in [2.24, 2.45) is 11.1 Å². The highest BCUT2D eigenvalue weighted by molar-refractivity contribution is 7.92. The molecule has 2 aromatic carbocycles. The Kier molecular flexibility index (Phi) is 15.5. The second-order valence-electron chi connectivity index (χ2n) is 16.6. The number of likely N-dealkylation sites (tertiary alicyclic amines) is 1. The zero-order chi connectivity index (χ0) is 48.7. The number of benzene rings is 2. The van der Waals surface area contributed by atoms with Gasteiger partial charge in [0.15, 0.2) is 5.75 Å². The second kappa shape index (κ2) is 20.9. The van der Waals surface area contributed by atoms with E-state index >= 15 is 0 Å². The first-order valence-electron chi connectivity index (χ1n) is 20.6. The highest BCUT2D eigenvalue weighted by Gasteiger charge is 2.44. The van der Waals surface area contributed by atoms with Crippen molar-refractivity contribution in [3.8, 4) is 27.6 Å². The molecule has 3 atom stereocenters. The van der Waals surface area contributed by atoms with Crippen LogP contribution in [0.2, 0.25) is 0 Å². The summed E-state index contributed by atoms with van der Waals surface area (Å²) in [7, 11) is -4.72. The standard InChI is InChI=1S/C43H49F3N10O9S2/c1-24-36(66-23-50-24)27-7-5-25(6-8-27)19-49-40(60)31-18-30(57)20-56(31)41(61)37(42(2,3)4)52-32(58)21-64-15-16-65-33-17-29(13-14-48-33)51-39-34(38(47)59)35(53-54-39)26-9-11-28(12-10-26)55-67(62,63)22-43(44,45)46/h5-14,17,23,30-31,37,55,57H,15-16,18-22H2,1-4H3,(H2,47,59)(H,49,60)(H,52,58)(H2,48,51,53,54)/t30-,31+,37-/m1/s1. The van der Waals surface area contributed by atoms with Crippen molar-refractivity contribution in [3.63, 3.8) is 0 Å². The van der Waals surface area contributed by atoms with Crippen LogP contribution in [0.5, 0.6) is 5.88 Å². The van der Waals surface area contributed by atoms with E-state index in [0.717, 1.165) is 21.7 Å². The number of thiazole rings is 1. The van der Waals surface area contributed by atoms with Gasteiger partial charge in [-0.2, -0.15) is 18.3 Å². The molecule has 0 radical (unpaired) electrons. The SMILES string of the molecule is Cc1ncsc1-c1ccc(CNC(=O)[C@@H]2C[C@@H](O)CN2C(=O)[C@@H](NC(=O)COCCOc2cc(Nc3[nH]nc(-c4ccc(NS(=O)(=O)CC(F)(F)F)cc4)c3C(N)=O)ccn2)C(C)(C)C)cc1. The van der Waals surface area contributed by atoms with Crippen molar-refractivity contribution in [2.75, 3.05) is 42.2 Å². The number of rotatable bonds is 19. The number of aliphatic hydroxyl groups is 1. The molecule has 1 fully saturated rings. The molecule has 1 aliphatic heterocycles. The molecular formula is C43H49F3N10O9S2. The maximum absolute atomic E-state index is 14.0. The van der Waals surface area contributed by atoms with E-state index in [2.05, 4.69) is 36.1 Å². The van der Waals surface area contributed by atoms with E-state index in [1.54, 1.807) is 43.7 Å². The number of aromatic amines is 1. The van der Waals surface area contributed by atoms with Gasteiger partial charge in [0.2, 0.25) is 33.6 Å². The second-order valence-corrected chi connectivity index (χ2v) is 19.2. The van der Waals surface area contributed by atoms with E-state index in [-0.39, 0.29) is 61.4 Å². The summed E-state index contributed by atoms with van der Waals surface area (Å²) in [5, 5.41) is 25.9. The first-order valence-corrected chi connectivity index (χ1v) is 23.1. The minimum atomic E-state index is -4.94. The molecule has 0 aliphatic carbocycles. The molecule has 24 heteroatoms. The number of carbonyl (C=O) groups is 4. The summed E-state index contributed by atoms with van der Waals surface area (Å²) in [5.74, 6) is -4.28. The van der Waals surface area contributed by atoms with Crippen molar-refractivity contribution in [3.05, 3.63) is 89.2 Å². The number of alkyl halides is 3. The minimum absolute atomic E-state index is 0.0381. The molecule has 0 unspecified atom stereocenters. The van der Waals surface area contributed by atoms with Gasteiger partial charge in [-0.1, -0.05) is 57.2 Å². The van der Waals surface area contributed by atoms with E-state index < -0.39 is 75.8 Å². The molecule has 0 saturated carbocycles. The van der Waals surface area contributed by atoms with Crippen LogP contribution in [0, 0.1) is 12.3 Å². The third-order valence-corrected chi connectivity index (χ3v) is 12.5. The number of carbonyl (C=O) groups excluding carboxylic acids is 4. The van der Waals surface area contributed by atoms with Gasteiger partial charge < -0.3 is 41.2 Å². The van der Waals surface area contributed by atoms with Gasteiger partial charge in [0.1, 0.15) is 42.4 Å². The minimum Gasteiger partial charge on any atom is -0.475 e. The van der Waals surface area contributed by atoms with Gasteiger partial charge in [0, 0.05) is 48.7 Å². The number of nitrogens with one attached hydrogen (secondary N) is 5. The summed E-state index contributed by atoms with van der Waals surface area (Å²) < 4.78 is 74.7. The Bertz CT molecular complexity index is 2670. The summed E-state index contributed by atoms with van der Waals surface area (Å²) in [5.41, 5.74) is 9.99. The molecule has 3 aromatic heterocycles. The summed E-state index contributed by atoms with van der Waals surface area (Å²) in [4.78, 5) is 63.8. The van der Waals surface area contributed by atoms with Crippen LogP contribution in [0.15, 0.2) is 72.4 Å². The number of anilines is 3. The third-order valence-electron chi connectivity index (χ3n) is 10.2. The highest BCUT2D eigenvalue weighted by atomic mass is 32.2. The lowest BCUT2D eigenvalue weighted by Crippen LogP contribution is -2.58. The van der Waals surface area contributed by atoms with Crippen molar-refractivity contribution in [2.45, 2.75) is 65.0 Å². The number of halogens is 3. The number of nitrogens with zero attached hydrogens (tertiary/aromatic N) is 4. The molecule has 0 spiro atoms. The molecule has 1 aliphatic rings. The third kappa shape index (κ3) is 13.5. The van der Waals surface area contributed by atoms with Gasteiger partial charge in [0.25, 0.3) is 5.91 Å². The zero-order valence-electron chi connectivity index (χ0n) is 36.6. The molecular weight excluding hydrogens is 922 g/mol. The number of primary amides is 1. The highest BCUT2D eigenvalue weighted by Crippen LogP contribution is 2.32. The van der Waals surface area contributed by atoms with Crippen LogP contribution >= 0.6 is 11.3 Å². The Balaban J connectivity index is 0.979. The molecule has 19 nitrogen and oxygen atoms in total. The van der Waals surface area contributed by atoms with Gasteiger partial charge >= 0.3 is 6.18 Å². The Labute approximate surface area is 387 Å². The van der Waals surface area contributed by atoms with Crippen LogP contribution in [0.25, 0.3) is 21.7 Å². The average Bonchev–Trinajstić information content (AvgIpc) is 3.99. The van der Waals surface area contributed by atoms with Crippen molar-refractivity contribution in [1.29, 1.82) is 0 Å². The molecule has 5 aromatic rings. The van der Waals surface area contributed by atoms with Crippen molar-refractivity contribution >= 4 is 62.2 Å². The maximum Gasteiger partial charge on any atom is 0.404 e. The quantitative estimate of drug-likeness (QED) is 0.0571. The van der Waals surface area contributed by atoms with Crippen LogP contribution < -0.4 is 31.1 Å². The Morgan fingerprint density at radius 2 is 1.70 bits per heavy atom. The van der Waals surface area contributed by atoms with E-state index in [9.17, 15) is 45.9 Å². The number of aromatic nitrogens is 4. The topological polar surface area (TPSA) is 273 Å². The van der Waals surface area contributed by atoms with Gasteiger partial charge in [-0.05, 0) is 41.7 Å². The lowest BCUT2D eigenvalue weighted by atomic mass is 9.85. The van der Waals surface area contributed by atoms with Gasteiger partial charge in [-0.25, -0.2) is 18.4 Å². The maximum atomic E-state index is 14.0. The van der Waals surface area contributed by atoms with Crippen molar-refractivity contribution in [1.82, 2.24) is 35.7 Å². The first-order chi connectivity index (χ1) is 31.6. The molecule has 4 heterocycles. The van der Waals surface area contributed by atoms with Gasteiger partial charge in [-0.15, -0.1) is 11.3 Å². The number of β-amino-alcohol motifs (C(OH)–C–C–N with tert-alkyl or cyclic N) is 1. The fraction of sp³-hybridized carbons (Fsp3) is 0.372. The monoisotopic (exact) mass is 970 g/mol.